The zero-order valence-corrected chi connectivity index (χ0v) is 8.29. The van der Waals surface area contributed by atoms with Gasteiger partial charge in [0.05, 0.1) is 11.6 Å². The van der Waals surface area contributed by atoms with E-state index < -0.39 is 11.6 Å². The van der Waals surface area contributed by atoms with Gasteiger partial charge in [0.15, 0.2) is 5.78 Å². The molecule has 0 radical (unpaired) electrons. The molecule has 0 amide bonds. The molecule has 12 heavy (non-hydrogen) atoms. The molecule has 0 aromatic rings. The number of ketones is 1. The summed E-state index contributed by atoms with van der Waals surface area (Å²) in [6, 6.07) is -0.764. The molecule has 1 atom stereocenters. The highest BCUT2D eigenvalue weighted by atomic mass is 16.3. The Morgan fingerprint density at radius 2 is 1.92 bits per heavy atom. The van der Waals surface area contributed by atoms with Crippen molar-refractivity contribution in [1.29, 1.82) is 0 Å². The smallest absolute Gasteiger partial charge is 0.152 e. The summed E-state index contributed by atoms with van der Waals surface area (Å²) in [6.07, 6.45) is 0.436. The zero-order chi connectivity index (χ0) is 9.94. The minimum Gasteiger partial charge on any atom is -0.388 e. The van der Waals surface area contributed by atoms with Crippen molar-refractivity contribution in [2.45, 2.75) is 45.8 Å². The molecule has 0 fully saturated rings. The summed E-state index contributed by atoms with van der Waals surface area (Å²) in [7, 11) is 0. The van der Waals surface area contributed by atoms with Gasteiger partial charge in [-0.15, -0.1) is 0 Å². The highest BCUT2D eigenvalue weighted by Gasteiger charge is 2.29. The molecule has 0 spiro atoms. The Hall–Kier alpha value is -0.410. The molecular weight excluding hydrogens is 154 g/mol. The van der Waals surface area contributed by atoms with Gasteiger partial charge in [-0.1, -0.05) is 13.8 Å². The van der Waals surface area contributed by atoms with Crippen molar-refractivity contribution in [3.8, 4) is 0 Å². The van der Waals surface area contributed by atoms with E-state index in [0.29, 0.717) is 12.3 Å². The summed E-state index contributed by atoms with van der Waals surface area (Å²) in [5.41, 5.74) is 4.44. The van der Waals surface area contributed by atoms with E-state index in [1.54, 1.807) is 13.8 Å². The molecule has 72 valence electrons. The zero-order valence-electron chi connectivity index (χ0n) is 8.29. The number of rotatable bonds is 4. The minimum absolute atomic E-state index is 0.0718. The Morgan fingerprint density at radius 3 is 2.17 bits per heavy atom. The minimum atomic E-state index is -1.11. The molecule has 3 nitrogen and oxygen atoms in total. The van der Waals surface area contributed by atoms with Gasteiger partial charge in [0.25, 0.3) is 0 Å². The highest BCUT2D eigenvalue weighted by molar-refractivity contribution is 5.85. The molecule has 0 heterocycles. The van der Waals surface area contributed by atoms with Crippen LogP contribution >= 0.6 is 0 Å². The monoisotopic (exact) mass is 173 g/mol. The van der Waals surface area contributed by atoms with Crippen LogP contribution in [0, 0.1) is 5.92 Å². The summed E-state index contributed by atoms with van der Waals surface area (Å²) < 4.78 is 0. The van der Waals surface area contributed by atoms with Crippen molar-refractivity contribution in [3.05, 3.63) is 0 Å². The van der Waals surface area contributed by atoms with Crippen LogP contribution in [0.5, 0.6) is 0 Å². The average Bonchev–Trinajstić information content (AvgIpc) is 1.82. The van der Waals surface area contributed by atoms with Gasteiger partial charge >= 0.3 is 0 Å². The van der Waals surface area contributed by atoms with Crippen molar-refractivity contribution >= 4 is 5.78 Å². The standard InChI is InChI=1S/C9H19NO2/c1-6(2)5-7(11)8(10)9(3,4)12/h6,8,12H,5,10H2,1-4H3/t8-/m1/s1. The molecule has 0 saturated heterocycles. The quantitative estimate of drug-likeness (QED) is 0.657. The molecule has 3 heteroatoms. The predicted octanol–water partition coefficient (Wildman–Crippen LogP) is 0.700. The van der Waals surface area contributed by atoms with E-state index in [2.05, 4.69) is 0 Å². The first-order valence-corrected chi connectivity index (χ1v) is 4.25. The van der Waals surface area contributed by atoms with Gasteiger partial charge in [0.1, 0.15) is 0 Å². The van der Waals surface area contributed by atoms with Gasteiger partial charge in [0.2, 0.25) is 0 Å². The maximum absolute atomic E-state index is 11.3. The Balaban J connectivity index is 4.12. The Labute approximate surface area is 74.0 Å². The van der Waals surface area contributed by atoms with Crippen molar-refractivity contribution in [3.63, 3.8) is 0 Å². The fourth-order valence-electron chi connectivity index (χ4n) is 0.923. The molecule has 3 N–H and O–H groups in total. The fourth-order valence-corrected chi connectivity index (χ4v) is 0.923. The van der Waals surface area contributed by atoms with Crippen LogP contribution in [-0.2, 0) is 4.79 Å². The van der Waals surface area contributed by atoms with Crippen LogP contribution in [-0.4, -0.2) is 22.5 Å². The summed E-state index contributed by atoms with van der Waals surface area (Å²) in [5, 5.41) is 9.42. The van der Waals surface area contributed by atoms with Crippen LogP contribution in [0.1, 0.15) is 34.1 Å². The maximum Gasteiger partial charge on any atom is 0.152 e. The second-order valence-corrected chi connectivity index (χ2v) is 4.20. The van der Waals surface area contributed by atoms with Gasteiger partial charge < -0.3 is 10.8 Å². The molecule has 0 aliphatic heterocycles. The maximum atomic E-state index is 11.3. The van der Waals surface area contributed by atoms with Gasteiger partial charge in [-0.3, -0.25) is 4.79 Å². The van der Waals surface area contributed by atoms with Crippen LogP contribution in [0.2, 0.25) is 0 Å². The van der Waals surface area contributed by atoms with Crippen LogP contribution in [0.4, 0.5) is 0 Å². The number of nitrogens with two attached hydrogens (primary N) is 1. The highest BCUT2D eigenvalue weighted by Crippen LogP contribution is 2.11. The van der Waals surface area contributed by atoms with E-state index in [1.165, 1.54) is 0 Å². The first-order valence-electron chi connectivity index (χ1n) is 4.25. The van der Waals surface area contributed by atoms with Crippen LogP contribution in [0.25, 0.3) is 0 Å². The Morgan fingerprint density at radius 1 is 1.50 bits per heavy atom. The summed E-state index contributed by atoms with van der Waals surface area (Å²) in [4.78, 5) is 11.3. The number of hydrogen-bond acceptors (Lipinski definition) is 3. The van der Waals surface area contributed by atoms with Gasteiger partial charge in [-0.25, -0.2) is 0 Å². The summed E-state index contributed by atoms with van der Waals surface area (Å²) in [6.45, 7) is 7.01. The summed E-state index contributed by atoms with van der Waals surface area (Å²) >= 11 is 0. The molecule has 0 rings (SSSR count). The lowest BCUT2D eigenvalue weighted by molar-refractivity contribution is -0.125. The first kappa shape index (κ1) is 11.6. The van der Waals surface area contributed by atoms with E-state index in [9.17, 15) is 9.90 Å². The first-order chi connectivity index (χ1) is 5.25. The number of carbonyl (C=O) groups is 1. The van der Waals surface area contributed by atoms with Crippen molar-refractivity contribution in [1.82, 2.24) is 0 Å². The Kier molecular flexibility index (Phi) is 3.87. The van der Waals surface area contributed by atoms with Gasteiger partial charge in [0, 0.05) is 6.42 Å². The second-order valence-electron chi connectivity index (χ2n) is 4.20. The number of Topliss-reactive ketones (excluding diaryl/α,β-unsaturated/α-hetero) is 1. The predicted molar refractivity (Wildman–Crippen MR) is 48.7 cm³/mol. The van der Waals surface area contributed by atoms with E-state index >= 15 is 0 Å². The molecular formula is C9H19NO2. The largest absolute Gasteiger partial charge is 0.388 e. The normalized spacial score (nSPS) is 14.9. The lowest BCUT2D eigenvalue weighted by atomic mass is 9.91. The molecule has 0 aliphatic rings. The van der Waals surface area contributed by atoms with Crippen molar-refractivity contribution in [2.24, 2.45) is 11.7 Å². The third kappa shape index (κ3) is 3.83. The van der Waals surface area contributed by atoms with Crippen molar-refractivity contribution in [2.75, 3.05) is 0 Å². The molecule has 0 bridgehead atoms. The van der Waals surface area contributed by atoms with E-state index in [4.69, 9.17) is 5.73 Å². The fraction of sp³-hybridized carbons (Fsp3) is 0.889. The molecule has 0 aromatic carbocycles. The van der Waals surface area contributed by atoms with E-state index in [1.807, 2.05) is 13.8 Å². The lowest BCUT2D eigenvalue weighted by Crippen LogP contribution is -2.49. The van der Waals surface area contributed by atoms with E-state index in [0.717, 1.165) is 0 Å². The molecule has 0 saturated carbocycles. The van der Waals surface area contributed by atoms with Gasteiger partial charge in [-0.2, -0.15) is 0 Å². The van der Waals surface area contributed by atoms with Crippen LogP contribution in [0.15, 0.2) is 0 Å². The SMILES string of the molecule is CC(C)CC(=O)[C@@H](N)C(C)(C)O. The van der Waals surface area contributed by atoms with E-state index in [-0.39, 0.29) is 5.78 Å². The second kappa shape index (κ2) is 4.01. The van der Waals surface area contributed by atoms with Crippen LogP contribution in [0.3, 0.4) is 0 Å². The molecule has 0 unspecified atom stereocenters. The Bertz CT molecular complexity index is 158. The number of aliphatic hydroxyl groups is 1. The average molecular weight is 173 g/mol. The third-order valence-electron chi connectivity index (χ3n) is 1.72. The van der Waals surface area contributed by atoms with Gasteiger partial charge in [-0.05, 0) is 19.8 Å². The topological polar surface area (TPSA) is 63.3 Å². The number of hydrogen-bond donors (Lipinski definition) is 2. The molecule has 0 aliphatic carbocycles. The number of carbonyl (C=O) groups excluding carboxylic acids is 1. The lowest BCUT2D eigenvalue weighted by Gasteiger charge is -2.24. The van der Waals surface area contributed by atoms with Crippen LogP contribution < -0.4 is 5.73 Å². The molecule has 0 aromatic heterocycles. The third-order valence-corrected chi connectivity index (χ3v) is 1.72. The van der Waals surface area contributed by atoms with Crippen molar-refractivity contribution < 1.29 is 9.90 Å². The summed E-state index contributed by atoms with van der Waals surface area (Å²) in [5.74, 6) is 0.225.